The molecule has 0 spiro atoms. The van der Waals surface area contributed by atoms with Crippen molar-refractivity contribution in [2.45, 2.75) is 51.7 Å². The lowest BCUT2D eigenvalue weighted by molar-refractivity contribution is -0.0387. The molecule has 0 bridgehead atoms. The molecule has 7 nitrogen and oxygen atoms in total. The lowest BCUT2D eigenvalue weighted by Crippen LogP contribution is -2.51. The molecule has 1 saturated carbocycles. The Labute approximate surface area is 160 Å². The molecule has 0 aromatic heterocycles. The highest BCUT2D eigenvalue weighted by atomic mass is 16.6. The summed E-state index contributed by atoms with van der Waals surface area (Å²) in [6.07, 6.45) is 2.64. The van der Waals surface area contributed by atoms with Gasteiger partial charge in [-0.3, -0.25) is 4.90 Å². The number of hydrogen-bond donors (Lipinski definition) is 1. The van der Waals surface area contributed by atoms with Gasteiger partial charge in [0.25, 0.3) is 0 Å². The molecule has 1 aromatic carbocycles. The highest BCUT2D eigenvalue weighted by molar-refractivity contribution is 5.86. The predicted molar refractivity (Wildman–Crippen MR) is 103 cm³/mol. The van der Waals surface area contributed by atoms with Gasteiger partial charge >= 0.3 is 12.2 Å². The van der Waals surface area contributed by atoms with Gasteiger partial charge in [-0.1, -0.05) is 37.5 Å². The molecule has 3 rings (SSSR count). The van der Waals surface area contributed by atoms with E-state index in [1.54, 1.807) is 29.2 Å². The quantitative estimate of drug-likeness (QED) is 0.861. The van der Waals surface area contributed by atoms with E-state index in [0.29, 0.717) is 25.4 Å². The lowest BCUT2D eigenvalue weighted by Gasteiger charge is -2.35. The molecule has 1 aliphatic heterocycles. The van der Waals surface area contributed by atoms with Crippen LogP contribution >= 0.6 is 0 Å². The van der Waals surface area contributed by atoms with Crippen LogP contribution in [-0.2, 0) is 9.47 Å². The Hall–Kier alpha value is -2.28. The standard InChI is InChI=1S/C17H24N2O5.C3H6/c1-17(2,3)24-16(22)18-9-10-23-14(11-18)12-19(15(20)21)13-7-5-4-6-8-13;1-2-3-1/h4-8,14H,9-12H2,1-3H3,(H,20,21);1-3H2. The van der Waals surface area contributed by atoms with E-state index in [1.807, 2.05) is 26.8 Å². The van der Waals surface area contributed by atoms with Crippen molar-refractivity contribution in [3.8, 4) is 0 Å². The van der Waals surface area contributed by atoms with Crippen LogP contribution in [0.1, 0.15) is 40.0 Å². The van der Waals surface area contributed by atoms with Crippen LogP contribution in [0.15, 0.2) is 30.3 Å². The Morgan fingerprint density at radius 3 is 2.37 bits per heavy atom. The Morgan fingerprint density at radius 2 is 1.85 bits per heavy atom. The average Bonchev–Trinajstić information content (AvgIpc) is 3.48. The highest BCUT2D eigenvalue weighted by Crippen LogP contribution is 2.18. The third kappa shape index (κ3) is 7.86. The van der Waals surface area contributed by atoms with Crippen molar-refractivity contribution in [1.29, 1.82) is 0 Å². The van der Waals surface area contributed by atoms with Crippen LogP contribution in [0.3, 0.4) is 0 Å². The van der Waals surface area contributed by atoms with Gasteiger partial charge in [-0.25, -0.2) is 9.59 Å². The molecule has 2 fully saturated rings. The minimum atomic E-state index is -1.06. The van der Waals surface area contributed by atoms with E-state index < -0.39 is 23.9 Å². The van der Waals surface area contributed by atoms with Gasteiger partial charge in [0.1, 0.15) is 5.60 Å². The van der Waals surface area contributed by atoms with E-state index in [9.17, 15) is 14.7 Å². The normalized spacial score (nSPS) is 18.8. The van der Waals surface area contributed by atoms with Gasteiger partial charge in [0.15, 0.2) is 0 Å². The second kappa shape index (κ2) is 9.60. The molecular weight excluding hydrogens is 348 g/mol. The van der Waals surface area contributed by atoms with Gasteiger partial charge in [0, 0.05) is 12.2 Å². The van der Waals surface area contributed by atoms with Crippen LogP contribution in [0.5, 0.6) is 0 Å². The second-order valence-corrected chi connectivity index (χ2v) is 7.71. The summed E-state index contributed by atoms with van der Waals surface area (Å²) < 4.78 is 11.0. The van der Waals surface area contributed by atoms with Crippen molar-refractivity contribution < 1.29 is 24.2 Å². The van der Waals surface area contributed by atoms with Crippen molar-refractivity contribution in [2.24, 2.45) is 0 Å². The molecule has 1 N–H and O–H groups in total. The number of rotatable bonds is 3. The molecule has 1 atom stereocenters. The molecule has 0 radical (unpaired) electrons. The number of benzene rings is 1. The fourth-order valence-electron chi connectivity index (χ4n) is 2.43. The molecule has 27 heavy (non-hydrogen) atoms. The van der Waals surface area contributed by atoms with Gasteiger partial charge in [0.2, 0.25) is 0 Å². The number of morpholine rings is 1. The number of para-hydroxylation sites is 1. The van der Waals surface area contributed by atoms with Crippen LogP contribution in [-0.4, -0.2) is 60.1 Å². The smallest absolute Gasteiger partial charge is 0.411 e. The van der Waals surface area contributed by atoms with Gasteiger partial charge in [0.05, 0.1) is 25.8 Å². The zero-order chi connectivity index (χ0) is 19.9. The van der Waals surface area contributed by atoms with E-state index >= 15 is 0 Å². The van der Waals surface area contributed by atoms with Crippen molar-refractivity contribution >= 4 is 17.9 Å². The van der Waals surface area contributed by atoms with Crippen LogP contribution in [0.25, 0.3) is 0 Å². The number of anilines is 1. The first kappa shape index (κ1) is 21.0. The third-order valence-electron chi connectivity index (χ3n) is 3.83. The van der Waals surface area contributed by atoms with Gasteiger partial charge in [-0.05, 0) is 32.9 Å². The van der Waals surface area contributed by atoms with E-state index in [0.717, 1.165) is 0 Å². The second-order valence-electron chi connectivity index (χ2n) is 7.71. The van der Waals surface area contributed by atoms with E-state index in [2.05, 4.69) is 0 Å². The van der Waals surface area contributed by atoms with E-state index in [1.165, 1.54) is 24.2 Å². The summed E-state index contributed by atoms with van der Waals surface area (Å²) >= 11 is 0. The molecule has 2 amide bonds. The largest absolute Gasteiger partial charge is 0.465 e. The third-order valence-corrected chi connectivity index (χ3v) is 3.83. The highest BCUT2D eigenvalue weighted by Gasteiger charge is 2.30. The molecule has 1 heterocycles. The number of carbonyl (C=O) groups is 2. The topological polar surface area (TPSA) is 79.3 Å². The summed E-state index contributed by atoms with van der Waals surface area (Å²) in [6.45, 7) is 6.67. The van der Waals surface area contributed by atoms with Crippen LogP contribution in [0.2, 0.25) is 0 Å². The monoisotopic (exact) mass is 378 g/mol. The maximum Gasteiger partial charge on any atom is 0.411 e. The average molecular weight is 378 g/mol. The molecule has 150 valence electrons. The summed E-state index contributed by atoms with van der Waals surface area (Å²) in [5, 5.41) is 9.45. The molecule has 1 aliphatic carbocycles. The number of carboxylic acid groups (broad SMARTS) is 1. The first-order chi connectivity index (χ1) is 12.8. The molecule has 1 unspecified atom stereocenters. The van der Waals surface area contributed by atoms with Gasteiger partial charge in [-0.15, -0.1) is 0 Å². The summed E-state index contributed by atoms with van der Waals surface area (Å²) in [7, 11) is 0. The number of carbonyl (C=O) groups excluding carboxylic acids is 1. The van der Waals surface area contributed by atoms with Crippen molar-refractivity contribution in [1.82, 2.24) is 4.90 Å². The summed E-state index contributed by atoms with van der Waals surface area (Å²) in [5.41, 5.74) is 0.00478. The van der Waals surface area contributed by atoms with Gasteiger partial charge in [-0.2, -0.15) is 0 Å². The molecular formula is C20H30N2O5. The lowest BCUT2D eigenvalue weighted by atomic mass is 10.2. The molecule has 1 saturated heterocycles. The SMILES string of the molecule is C1CC1.CC(C)(C)OC(=O)N1CCOC(CN(C(=O)O)c2ccccc2)C1. The summed E-state index contributed by atoms with van der Waals surface area (Å²) in [5.74, 6) is 0. The Bertz CT molecular complexity index is 610. The first-order valence-corrected chi connectivity index (χ1v) is 9.41. The zero-order valence-corrected chi connectivity index (χ0v) is 16.4. The number of hydrogen-bond acceptors (Lipinski definition) is 4. The Balaban J connectivity index is 0.000000789. The Kier molecular flexibility index (Phi) is 7.47. The van der Waals surface area contributed by atoms with Gasteiger partial charge < -0.3 is 19.5 Å². The van der Waals surface area contributed by atoms with Crippen LogP contribution in [0.4, 0.5) is 15.3 Å². The molecule has 1 aromatic rings. The fraction of sp³-hybridized carbons (Fsp3) is 0.600. The summed E-state index contributed by atoms with van der Waals surface area (Å²) in [6, 6.07) is 8.83. The Morgan fingerprint density at radius 1 is 1.22 bits per heavy atom. The number of ether oxygens (including phenoxy) is 2. The maximum atomic E-state index is 12.2. The fourth-order valence-corrected chi connectivity index (χ4v) is 2.43. The summed E-state index contributed by atoms with van der Waals surface area (Å²) in [4.78, 5) is 26.5. The minimum absolute atomic E-state index is 0.151. The zero-order valence-electron chi connectivity index (χ0n) is 16.4. The number of amides is 2. The predicted octanol–water partition coefficient (Wildman–Crippen LogP) is 3.98. The molecule has 7 heteroatoms. The molecule has 2 aliphatic rings. The van der Waals surface area contributed by atoms with E-state index in [4.69, 9.17) is 9.47 Å². The van der Waals surface area contributed by atoms with Crippen LogP contribution in [0, 0.1) is 0 Å². The van der Waals surface area contributed by atoms with Crippen molar-refractivity contribution in [3.05, 3.63) is 30.3 Å². The first-order valence-electron chi connectivity index (χ1n) is 9.41. The van der Waals surface area contributed by atoms with E-state index in [-0.39, 0.29) is 6.54 Å². The minimum Gasteiger partial charge on any atom is -0.465 e. The number of nitrogens with zero attached hydrogens (tertiary/aromatic N) is 2. The van der Waals surface area contributed by atoms with Crippen molar-refractivity contribution in [3.63, 3.8) is 0 Å². The van der Waals surface area contributed by atoms with Crippen molar-refractivity contribution in [2.75, 3.05) is 31.1 Å². The van der Waals surface area contributed by atoms with Crippen LogP contribution < -0.4 is 4.90 Å². The maximum absolute atomic E-state index is 12.2.